The number of rotatable bonds is 3. The van der Waals surface area contributed by atoms with E-state index in [9.17, 15) is 9.59 Å². The Labute approximate surface area is 135 Å². The topological polar surface area (TPSA) is 48.3 Å². The summed E-state index contributed by atoms with van der Waals surface area (Å²) < 4.78 is 7.57. The second kappa shape index (κ2) is 6.20. The molecular weight excluding hydrogens is 358 g/mol. The van der Waals surface area contributed by atoms with Crippen molar-refractivity contribution in [3.8, 4) is 0 Å². The Morgan fingerprint density at radius 1 is 1.43 bits per heavy atom. The number of hydrogen-bond acceptors (Lipinski definition) is 3. The van der Waals surface area contributed by atoms with Crippen molar-refractivity contribution in [3.05, 3.63) is 43.6 Å². The van der Waals surface area contributed by atoms with Crippen LogP contribution in [-0.4, -0.2) is 17.1 Å². The average Bonchev–Trinajstić information content (AvgIpc) is 2.37. The molecule has 0 fully saturated rings. The number of aromatic nitrogens is 1. The maximum atomic E-state index is 12.5. The summed E-state index contributed by atoms with van der Waals surface area (Å²) in [4.78, 5) is 24.5. The van der Waals surface area contributed by atoms with Crippen LogP contribution < -0.4 is 5.43 Å². The van der Waals surface area contributed by atoms with Gasteiger partial charge in [-0.1, -0.05) is 27.5 Å². The molecule has 0 bridgehead atoms. The Morgan fingerprint density at radius 3 is 2.67 bits per heavy atom. The molecule has 0 saturated carbocycles. The van der Waals surface area contributed by atoms with E-state index in [1.165, 1.54) is 6.20 Å². The number of halogens is 2. The molecule has 1 heterocycles. The smallest absolute Gasteiger partial charge is 0.343 e. The quantitative estimate of drug-likeness (QED) is 0.760. The van der Waals surface area contributed by atoms with Gasteiger partial charge in [-0.15, -0.1) is 0 Å². The second-order valence-electron chi connectivity index (χ2n) is 4.88. The molecule has 0 N–H and O–H groups in total. The van der Waals surface area contributed by atoms with Crippen molar-refractivity contribution in [1.29, 1.82) is 0 Å². The number of carbonyl (C=O) groups is 1. The van der Waals surface area contributed by atoms with E-state index in [4.69, 9.17) is 16.3 Å². The van der Waals surface area contributed by atoms with Gasteiger partial charge in [0.2, 0.25) is 5.43 Å². The molecule has 0 unspecified atom stereocenters. The van der Waals surface area contributed by atoms with E-state index in [1.54, 1.807) is 13.0 Å². The minimum atomic E-state index is -0.627. The van der Waals surface area contributed by atoms with Crippen LogP contribution in [0.1, 0.15) is 37.2 Å². The summed E-state index contributed by atoms with van der Waals surface area (Å²) in [5.74, 6) is -0.627. The third-order valence-corrected chi connectivity index (χ3v) is 3.86. The largest absolute Gasteiger partial charge is 0.462 e. The van der Waals surface area contributed by atoms with Gasteiger partial charge in [0.15, 0.2) is 0 Å². The molecule has 6 heteroatoms. The van der Waals surface area contributed by atoms with E-state index in [2.05, 4.69) is 15.9 Å². The van der Waals surface area contributed by atoms with Crippen molar-refractivity contribution in [2.75, 3.05) is 6.61 Å². The van der Waals surface area contributed by atoms with Crippen molar-refractivity contribution in [1.82, 2.24) is 4.57 Å². The first-order valence-corrected chi connectivity index (χ1v) is 7.75. The molecule has 0 spiro atoms. The van der Waals surface area contributed by atoms with E-state index < -0.39 is 11.4 Å². The van der Waals surface area contributed by atoms with E-state index >= 15 is 0 Å². The van der Waals surface area contributed by atoms with Crippen molar-refractivity contribution in [3.63, 3.8) is 0 Å². The van der Waals surface area contributed by atoms with Gasteiger partial charge in [-0.05, 0) is 32.9 Å². The number of carbonyl (C=O) groups excluding carboxylic acids is 1. The van der Waals surface area contributed by atoms with Crippen LogP contribution in [0.5, 0.6) is 0 Å². The maximum absolute atomic E-state index is 12.5. The molecular formula is C15H15BrClNO3. The molecule has 1 aromatic carbocycles. The molecule has 21 heavy (non-hydrogen) atoms. The highest BCUT2D eigenvalue weighted by Crippen LogP contribution is 2.28. The number of nitrogens with zero attached hydrogens (tertiary/aromatic N) is 1. The highest BCUT2D eigenvalue weighted by Gasteiger charge is 2.19. The molecule has 0 aliphatic rings. The van der Waals surface area contributed by atoms with Gasteiger partial charge in [-0.25, -0.2) is 4.79 Å². The van der Waals surface area contributed by atoms with Crippen molar-refractivity contribution in [2.24, 2.45) is 0 Å². The van der Waals surface area contributed by atoms with Gasteiger partial charge in [-0.2, -0.15) is 0 Å². The molecule has 2 aromatic rings. The van der Waals surface area contributed by atoms with E-state index in [0.29, 0.717) is 15.9 Å². The zero-order chi connectivity index (χ0) is 15.7. The summed E-state index contributed by atoms with van der Waals surface area (Å²) in [5, 5.41) is 0.643. The van der Waals surface area contributed by atoms with Gasteiger partial charge < -0.3 is 9.30 Å². The van der Waals surface area contributed by atoms with Gasteiger partial charge in [0.25, 0.3) is 0 Å². The number of esters is 1. The minimum Gasteiger partial charge on any atom is -0.462 e. The first kappa shape index (κ1) is 16.0. The summed E-state index contributed by atoms with van der Waals surface area (Å²) in [7, 11) is 0. The molecule has 0 radical (unpaired) electrons. The molecule has 2 rings (SSSR count). The Balaban J connectivity index is 2.90. The van der Waals surface area contributed by atoms with E-state index in [-0.39, 0.29) is 18.2 Å². The summed E-state index contributed by atoms with van der Waals surface area (Å²) >= 11 is 9.57. The van der Waals surface area contributed by atoms with Crippen LogP contribution in [0.4, 0.5) is 0 Å². The molecule has 0 amide bonds. The number of hydrogen-bond donors (Lipinski definition) is 0. The zero-order valence-corrected chi connectivity index (χ0v) is 14.3. The molecule has 112 valence electrons. The third-order valence-electron chi connectivity index (χ3n) is 3.10. The number of ether oxygens (including phenoxy) is 1. The lowest BCUT2D eigenvalue weighted by Gasteiger charge is -2.17. The van der Waals surface area contributed by atoms with Gasteiger partial charge in [0.1, 0.15) is 5.56 Å². The van der Waals surface area contributed by atoms with Crippen LogP contribution >= 0.6 is 27.5 Å². The fraction of sp³-hybridized carbons (Fsp3) is 0.333. The van der Waals surface area contributed by atoms with Crippen LogP contribution in [0, 0.1) is 0 Å². The minimum absolute atomic E-state index is 0.00210. The Morgan fingerprint density at radius 2 is 2.10 bits per heavy atom. The lowest BCUT2D eigenvalue weighted by molar-refractivity contribution is 0.0524. The van der Waals surface area contributed by atoms with Crippen molar-refractivity contribution >= 4 is 44.4 Å². The Bertz CT molecular complexity index is 768. The van der Waals surface area contributed by atoms with Crippen LogP contribution in [0.15, 0.2) is 27.6 Å². The van der Waals surface area contributed by atoms with Crippen molar-refractivity contribution in [2.45, 2.75) is 26.8 Å². The first-order valence-electron chi connectivity index (χ1n) is 6.57. The predicted molar refractivity (Wildman–Crippen MR) is 87.3 cm³/mol. The molecule has 0 aliphatic carbocycles. The molecule has 0 atom stereocenters. The molecule has 1 aromatic heterocycles. The molecule has 0 saturated heterocycles. The van der Waals surface area contributed by atoms with Gasteiger partial charge in [0.05, 0.1) is 22.5 Å². The Kier molecular flexibility index (Phi) is 4.74. The van der Waals surface area contributed by atoms with Crippen LogP contribution in [0.25, 0.3) is 10.9 Å². The van der Waals surface area contributed by atoms with E-state index in [1.807, 2.05) is 24.5 Å². The number of fused-ring (bicyclic) bond motifs is 1. The second-order valence-corrected chi connectivity index (χ2v) is 6.20. The fourth-order valence-electron chi connectivity index (χ4n) is 2.17. The van der Waals surface area contributed by atoms with Crippen LogP contribution in [0.2, 0.25) is 5.02 Å². The maximum Gasteiger partial charge on any atom is 0.343 e. The molecule has 0 aliphatic heterocycles. The third kappa shape index (κ3) is 2.99. The monoisotopic (exact) mass is 371 g/mol. The first-order chi connectivity index (χ1) is 9.86. The lowest BCUT2D eigenvalue weighted by atomic mass is 10.1. The van der Waals surface area contributed by atoms with Crippen LogP contribution in [0.3, 0.4) is 0 Å². The SMILES string of the molecule is CCOC(=O)c1cn(C(C)C)c2cc(Br)cc(Cl)c2c1=O. The molecule has 4 nitrogen and oxygen atoms in total. The van der Waals surface area contributed by atoms with Gasteiger partial charge in [0, 0.05) is 16.7 Å². The zero-order valence-electron chi connectivity index (χ0n) is 11.9. The van der Waals surface area contributed by atoms with Crippen molar-refractivity contribution < 1.29 is 9.53 Å². The predicted octanol–water partition coefficient (Wildman–Crippen LogP) is 4.18. The summed E-state index contributed by atoms with van der Waals surface area (Å²) in [6.45, 7) is 5.84. The fourth-order valence-corrected chi connectivity index (χ4v) is 3.05. The highest BCUT2D eigenvalue weighted by atomic mass is 79.9. The van der Waals surface area contributed by atoms with Gasteiger partial charge in [-0.3, -0.25) is 4.79 Å². The normalized spacial score (nSPS) is 11.1. The van der Waals surface area contributed by atoms with Crippen LogP contribution in [-0.2, 0) is 4.74 Å². The lowest BCUT2D eigenvalue weighted by Crippen LogP contribution is -2.21. The van der Waals surface area contributed by atoms with E-state index in [0.717, 1.165) is 4.47 Å². The Hall–Kier alpha value is -1.33. The highest BCUT2D eigenvalue weighted by molar-refractivity contribution is 9.10. The van der Waals surface area contributed by atoms with Gasteiger partial charge >= 0.3 is 5.97 Å². The number of benzene rings is 1. The average molecular weight is 373 g/mol. The number of pyridine rings is 1. The summed E-state index contributed by atoms with van der Waals surface area (Å²) in [6.07, 6.45) is 1.54. The standard InChI is InChI=1S/C15H15BrClNO3/c1-4-21-15(20)10-7-18(8(2)3)12-6-9(16)5-11(17)13(12)14(10)19/h5-8H,4H2,1-3H3. The summed E-state index contributed by atoms with van der Waals surface area (Å²) in [6, 6.07) is 3.52. The summed E-state index contributed by atoms with van der Waals surface area (Å²) in [5.41, 5.74) is 0.280.